The van der Waals surface area contributed by atoms with Crippen LogP contribution in [0.2, 0.25) is 0 Å². The minimum absolute atomic E-state index is 0.156. The van der Waals surface area contributed by atoms with E-state index in [2.05, 4.69) is 18.7 Å². The minimum atomic E-state index is -0.398. The molecule has 1 aromatic carbocycles. The molecule has 3 rings (SSSR count). The van der Waals surface area contributed by atoms with Gasteiger partial charge in [-0.2, -0.15) is 0 Å². The van der Waals surface area contributed by atoms with Crippen LogP contribution in [0.1, 0.15) is 50.2 Å². The molecule has 1 aromatic rings. The molecule has 2 aliphatic rings. The van der Waals surface area contributed by atoms with Crippen molar-refractivity contribution < 1.29 is 14.2 Å². The van der Waals surface area contributed by atoms with Gasteiger partial charge in [-0.1, -0.05) is 36.4 Å². The van der Waals surface area contributed by atoms with Crippen LogP contribution < -0.4 is 0 Å². The third-order valence-electron chi connectivity index (χ3n) is 4.32. The fourth-order valence-electron chi connectivity index (χ4n) is 3.05. The second kappa shape index (κ2) is 8.74. The molecule has 1 atom stereocenters. The summed E-state index contributed by atoms with van der Waals surface area (Å²) in [6.07, 6.45) is 12.0. The standard InChI is InChI=1S/C21H26O3/c1-2-20(17-10-4-3-5-11-17)22-16-21(23-18-12-6-7-13-18)24-19-14-8-9-15-19/h2-5,10-12,14,20-21H,1,6-9,13,15-16H2. The van der Waals surface area contributed by atoms with Gasteiger partial charge in [0.25, 0.3) is 6.29 Å². The molecule has 0 aliphatic heterocycles. The first-order valence-electron chi connectivity index (χ1n) is 8.85. The molecule has 24 heavy (non-hydrogen) atoms. The Morgan fingerprint density at radius 3 is 2.08 bits per heavy atom. The van der Waals surface area contributed by atoms with Crippen molar-refractivity contribution in [1.82, 2.24) is 0 Å². The van der Waals surface area contributed by atoms with Gasteiger partial charge < -0.3 is 14.2 Å². The van der Waals surface area contributed by atoms with E-state index in [4.69, 9.17) is 14.2 Å². The molecule has 0 spiro atoms. The van der Waals surface area contributed by atoms with Gasteiger partial charge in [-0.25, -0.2) is 0 Å². The molecule has 2 aliphatic carbocycles. The van der Waals surface area contributed by atoms with Crippen LogP contribution in [-0.2, 0) is 14.2 Å². The maximum Gasteiger partial charge on any atom is 0.263 e. The molecule has 0 saturated heterocycles. The van der Waals surface area contributed by atoms with Crippen LogP contribution in [0.5, 0.6) is 0 Å². The Hall–Kier alpha value is -2.00. The first-order chi connectivity index (χ1) is 11.8. The topological polar surface area (TPSA) is 27.7 Å². The van der Waals surface area contributed by atoms with Crippen molar-refractivity contribution in [1.29, 1.82) is 0 Å². The largest absolute Gasteiger partial charge is 0.457 e. The van der Waals surface area contributed by atoms with E-state index in [1.807, 2.05) is 36.4 Å². The van der Waals surface area contributed by atoms with E-state index in [1.165, 1.54) is 0 Å². The molecule has 0 radical (unpaired) electrons. The third-order valence-corrected chi connectivity index (χ3v) is 4.32. The molecule has 0 saturated carbocycles. The molecule has 0 amide bonds. The lowest BCUT2D eigenvalue weighted by Gasteiger charge is -2.24. The summed E-state index contributed by atoms with van der Waals surface area (Å²) in [5.74, 6) is 2.05. The summed E-state index contributed by atoms with van der Waals surface area (Å²) in [5, 5.41) is 0. The van der Waals surface area contributed by atoms with Crippen LogP contribution in [0, 0.1) is 0 Å². The van der Waals surface area contributed by atoms with Crippen molar-refractivity contribution >= 4 is 0 Å². The Labute approximate surface area is 144 Å². The number of ether oxygens (including phenoxy) is 3. The van der Waals surface area contributed by atoms with Gasteiger partial charge in [-0.05, 0) is 43.4 Å². The van der Waals surface area contributed by atoms with Crippen molar-refractivity contribution in [3.8, 4) is 0 Å². The summed E-state index contributed by atoms with van der Waals surface area (Å²) < 4.78 is 18.1. The number of hydrogen-bond acceptors (Lipinski definition) is 3. The average Bonchev–Trinajstić information content (AvgIpc) is 3.30. The summed E-state index contributed by atoms with van der Waals surface area (Å²) in [5.41, 5.74) is 1.09. The summed E-state index contributed by atoms with van der Waals surface area (Å²) in [7, 11) is 0. The van der Waals surface area contributed by atoms with Gasteiger partial charge in [-0.15, -0.1) is 6.58 Å². The lowest BCUT2D eigenvalue weighted by Crippen LogP contribution is -2.24. The second-order valence-corrected chi connectivity index (χ2v) is 6.19. The maximum atomic E-state index is 6.04. The molecular formula is C21H26O3. The highest BCUT2D eigenvalue weighted by Gasteiger charge is 2.20. The SMILES string of the molecule is C=CC(OCC(OC1=CCCC1)OC1=CCCC1)c1ccccc1. The van der Waals surface area contributed by atoms with E-state index in [1.54, 1.807) is 0 Å². The minimum Gasteiger partial charge on any atom is -0.457 e. The highest BCUT2D eigenvalue weighted by atomic mass is 16.7. The monoisotopic (exact) mass is 326 g/mol. The summed E-state index contributed by atoms with van der Waals surface area (Å²) >= 11 is 0. The molecule has 3 nitrogen and oxygen atoms in total. The van der Waals surface area contributed by atoms with Crippen molar-refractivity contribution in [2.75, 3.05) is 6.61 Å². The van der Waals surface area contributed by atoms with Crippen LogP contribution in [0.25, 0.3) is 0 Å². The first kappa shape index (κ1) is 16.8. The van der Waals surface area contributed by atoms with E-state index >= 15 is 0 Å². The van der Waals surface area contributed by atoms with Crippen LogP contribution in [0.3, 0.4) is 0 Å². The van der Waals surface area contributed by atoms with Gasteiger partial charge in [0.15, 0.2) is 0 Å². The lowest BCUT2D eigenvalue weighted by molar-refractivity contribution is -0.137. The van der Waals surface area contributed by atoms with Gasteiger partial charge >= 0.3 is 0 Å². The van der Waals surface area contributed by atoms with Crippen molar-refractivity contribution in [2.24, 2.45) is 0 Å². The molecule has 3 heteroatoms. The van der Waals surface area contributed by atoms with Crippen LogP contribution in [0.4, 0.5) is 0 Å². The quantitative estimate of drug-likeness (QED) is 0.447. The van der Waals surface area contributed by atoms with Crippen molar-refractivity contribution in [3.05, 3.63) is 72.2 Å². The Kier molecular flexibility index (Phi) is 6.13. The predicted molar refractivity (Wildman–Crippen MR) is 95.2 cm³/mol. The summed E-state index contributed by atoms with van der Waals surface area (Å²) in [6, 6.07) is 10.1. The van der Waals surface area contributed by atoms with E-state index in [9.17, 15) is 0 Å². The zero-order valence-corrected chi connectivity index (χ0v) is 14.2. The zero-order chi connectivity index (χ0) is 16.6. The smallest absolute Gasteiger partial charge is 0.263 e. The van der Waals surface area contributed by atoms with Crippen molar-refractivity contribution in [3.63, 3.8) is 0 Å². The summed E-state index contributed by atoms with van der Waals surface area (Å²) in [6.45, 7) is 4.27. The fraction of sp³-hybridized carbons (Fsp3) is 0.429. The summed E-state index contributed by atoms with van der Waals surface area (Å²) in [4.78, 5) is 0. The molecule has 1 unspecified atom stereocenters. The molecule has 0 bridgehead atoms. The van der Waals surface area contributed by atoms with Crippen LogP contribution >= 0.6 is 0 Å². The van der Waals surface area contributed by atoms with E-state index in [-0.39, 0.29) is 6.10 Å². The second-order valence-electron chi connectivity index (χ2n) is 6.19. The predicted octanol–water partition coefficient (Wildman–Crippen LogP) is 5.43. The van der Waals surface area contributed by atoms with Crippen LogP contribution in [0.15, 0.2) is 66.7 Å². The third kappa shape index (κ3) is 4.75. The van der Waals surface area contributed by atoms with E-state index in [0.717, 1.165) is 55.6 Å². The zero-order valence-electron chi connectivity index (χ0n) is 14.2. The fourth-order valence-corrected chi connectivity index (χ4v) is 3.05. The van der Waals surface area contributed by atoms with Gasteiger partial charge in [0.05, 0.1) is 11.5 Å². The van der Waals surface area contributed by atoms with Gasteiger partial charge in [0.2, 0.25) is 0 Å². The molecular weight excluding hydrogens is 300 g/mol. The van der Waals surface area contributed by atoms with Gasteiger partial charge in [-0.3, -0.25) is 0 Å². The molecule has 128 valence electrons. The lowest BCUT2D eigenvalue weighted by atomic mass is 10.1. The Morgan fingerprint density at radius 1 is 0.958 bits per heavy atom. The van der Waals surface area contributed by atoms with E-state index < -0.39 is 6.29 Å². The number of rotatable bonds is 9. The first-order valence-corrected chi connectivity index (χ1v) is 8.85. The number of allylic oxidation sites excluding steroid dienone is 4. The van der Waals surface area contributed by atoms with Crippen molar-refractivity contribution in [2.45, 2.75) is 50.9 Å². The Morgan fingerprint density at radius 2 is 1.58 bits per heavy atom. The molecule has 0 N–H and O–H groups in total. The molecule has 0 fully saturated rings. The normalized spacial score (nSPS) is 18.2. The average molecular weight is 326 g/mol. The van der Waals surface area contributed by atoms with Gasteiger partial charge in [0, 0.05) is 12.8 Å². The highest BCUT2D eigenvalue weighted by molar-refractivity contribution is 5.20. The Balaban J connectivity index is 1.60. The number of benzene rings is 1. The molecule has 0 aromatic heterocycles. The Bertz CT molecular complexity index is 562. The highest BCUT2D eigenvalue weighted by Crippen LogP contribution is 2.26. The van der Waals surface area contributed by atoms with Gasteiger partial charge in [0.1, 0.15) is 12.7 Å². The maximum absolute atomic E-state index is 6.04. The molecule has 0 heterocycles. The van der Waals surface area contributed by atoms with Crippen LogP contribution in [-0.4, -0.2) is 12.9 Å². The van der Waals surface area contributed by atoms with E-state index in [0.29, 0.717) is 6.61 Å². The number of hydrogen-bond donors (Lipinski definition) is 0.